The van der Waals surface area contributed by atoms with Gasteiger partial charge in [0, 0.05) is 12.5 Å². The Bertz CT molecular complexity index is 548. The van der Waals surface area contributed by atoms with E-state index in [-0.39, 0.29) is 24.0 Å². The van der Waals surface area contributed by atoms with E-state index in [1.807, 2.05) is 13.8 Å². The predicted molar refractivity (Wildman–Crippen MR) is 108 cm³/mol. The average molecular weight is 379 g/mol. The highest BCUT2D eigenvalue weighted by molar-refractivity contribution is 5.10. The van der Waals surface area contributed by atoms with Crippen molar-refractivity contribution in [3.8, 4) is 0 Å². The van der Waals surface area contributed by atoms with Gasteiger partial charge in [0.15, 0.2) is 0 Å². The van der Waals surface area contributed by atoms with Crippen LogP contribution >= 0.6 is 0 Å². The molecule has 4 aliphatic rings. The molecule has 4 saturated carbocycles. The highest BCUT2D eigenvalue weighted by atomic mass is 16.5. The van der Waals surface area contributed by atoms with Crippen molar-refractivity contribution < 1.29 is 14.9 Å². The highest BCUT2D eigenvalue weighted by Crippen LogP contribution is 2.67. The first-order chi connectivity index (χ1) is 12.7. The van der Waals surface area contributed by atoms with Gasteiger partial charge in [0.05, 0.1) is 18.3 Å². The molecule has 0 bridgehead atoms. The Balaban J connectivity index is 1.57. The first-order valence-corrected chi connectivity index (χ1v) is 11.7. The molecule has 156 valence electrons. The highest BCUT2D eigenvalue weighted by Gasteiger charge is 2.61. The quantitative estimate of drug-likeness (QED) is 0.739. The molecule has 3 heteroatoms. The number of aliphatic hydroxyl groups is 2. The summed E-state index contributed by atoms with van der Waals surface area (Å²) < 4.78 is 5.84. The van der Waals surface area contributed by atoms with E-state index in [0.717, 1.165) is 30.6 Å². The molecule has 4 aliphatic carbocycles. The summed E-state index contributed by atoms with van der Waals surface area (Å²) in [6.07, 6.45) is 11.6. The second kappa shape index (κ2) is 6.99. The molecule has 3 unspecified atom stereocenters. The van der Waals surface area contributed by atoms with Crippen molar-refractivity contribution in [2.45, 2.75) is 97.2 Å². The molecule has 0 aliphatic heterocycles. The summed E-state index contributed by atoms with van der Waals surface area (Å²) in [5, 5.41) is 21.6. The molecule has 8 atom stereocenters. The molecule has 2 N–H and O–H groups in total. The number of aliphatic hydroxyl groups excluding tert-OH is 1. The summed E-state index contributed by atoms with van der Waals surface area (Å²) in [5.41, 5.74) is 0.0259. The molecule has 0 amide bonds. The fourth-order valence-electron chi connectivity index (χ4n) is 8.22. The van der Waals surface area contributed by atoms with Gasteiger partial charge in [-0.25, -0.2) is 0 Å². The van der Waals surface area contributed by atoms with Crippen LogP contribution in [0.25, 0.3) is 0 Å². The zero-order valence-electron chi connectivity index (χ0n) is 18.0. The fourth-order valence-corrected chi connectivity index (χ4v) is 8.22. The Kier molecular flexibility index (Phi) is 5.22. The van der Waals surface area contributed by atoms with Crippen LogP contribution in [0.3, 0.4) is 0 Å². The number of hydrogen-bond donors (Lipinski definition) is 2. The summed E-state index contributed by atoms with van der Waals surface area (Å²) in [6, 6.07) is 0. The normalized spacial score (nSPS) is 52.3. The molecule has 0 spiro atoms. The monoisotopic (exact) mass is 378 g/mol. The Hall–Kier alpha value is -0.120. The van der Waals surface area contributed by atoms with Crippen molar-refractivity contribution in [1.29, 1.82) is 0 Å². The lowest BCUT2D eigenvalue weighted by atomic mass is 9.43. The molecule has 3 nitrogen and oxygen atoms in total. The van der Waals surface area contributed by atoms with E-state index in [1.54, 1.807) is 0 Å². The first kappa shape index (κ1) is 20.2. The van der Waals surface area contributed by atoms with Gasteiger partial charge in [-0.3, -0.25) is 0 Å². The van der Waals surface area contributed by atoms with E-state index in [0.29, 0.717) is 17.9 Å². The maximum Gasteiger partial charge on any atom is 0.0933 e. The molecule has 0 saturated heterocycles. The second-order valence-corrected chi connectivity index (χ2v) is 11.5. The van der Waals surface area contributed by atoms with Crippen LogP contribution in [-0.2, 0) is 4.74 Å². The number of fused-ring (bicyclic) bond motifs is 5. The maximum absolute atomic E-state index is 11.4. The van der Waals surface area contributed by atoms with E-state index in [9.17, 15) is 10.2 Å². The molecule has 4 fully saturated rings. The van der Waals surface area contributed by atoms with Gasteiger partial charge in [-0.2, -0.15) is 0 Å². The summed E-state index contributed by atoms with van der Waals surface area (Å²) in [4.78, 5) is 0. The SMILES string of the molecule is CC(C)OCC1(O)CC2CC[C@@H]3[C@@H](CC[C@]4(C)CCC[C@@H]34)[C@@]2(C)CC1CO. The number of hydrogen-bond acceptors (Lipinski definition) is 3. The summed E-state index contributed by atoms with van der Waals surface area (Å²) >= 11 is 0. The lowest BCUT2D eigenvalue weighted by Crippen LogP contribution is -2.60. The second-order valence-electron chi connectivity index (χ2n) is 11.5. The smallest absolute Gasteiger partial charge is 0.0933 e. The molecule has 0 heterocycles. The molecule has 0 aromatic rings. The Morgan fingerprint density at radius 2 is 1.78 bits per heavy atom. The first-order valence-electron chi connectivity index (χ1n) is 11.7. The minimum atomic E-state index is -0.855. The number of rotatable bonds is 4. The van der Waals surface area contributed by atoms with Gasteiger partial charge in [-0.1, -0.05) is 20.3 Å². The van der Waals surface area contributed by atoms with Gasteiger partial charge in [-0.05, 0) is 99.7 Å². The molecule has 0 aromatic carbocycles. The van der Waals surface area contributed by atoms with Crippen molar-refractivity contribution in [2.75, 3.05) is 13.2 Å². The maximum atomic E-state index is 11.4. The van der Waals surface area contributed by atoms with Crippen molar-refractivity contribution in [1.82, 2.24) is 0 Å². The van der Waals surface area contributed by atoms with E-state index in [2.05, 4.69) is 13.8 Å². The van der Waals surface area contributed by atoms with E-state index in [1.165, 1.54) is 44.9 Å². The fraction of sp³-hybridized carbons (Fsp3) is 1.00. The largest absolute Gasteiger partial charge is 0.396 e. The van der Waals surface area contributed by atoms with Crippen LogP contribution in [-0.4, -0.2) is 35.1 Å². The van der Waals surface area contributed by atoms with Crippen LogP contribution in [0, 0.1) is 40.4 Å². The van der Waals surface area contributed by atoms with Crippen LogP contribution in [0.15, 0.2) is 0 Å². The van der Waals surface area contributed by atoms with Crippen molar-refractivity contribution in [3.05, 3.63) is 0 Å². The summed E-state index contributed by atoms with van der Waals surface area (Å²) in [5.74, 6) is 3.12. The molecule has 4 rings (SSSR count). The third-order valence-corrected chi connectivity index (χ3v) is 9.78. The minimum absolute atomic E-state index is 0.0480. The standard InChI is InChI=1S/C24H42O3/c1-16(2)27-15-24(26)13-17-7-8-19-20-6-5-10-22(20,3)11-9-21(19)23(17,4)12-18(24)14-25/h16-21,25-26H,5-15H2,1-4H3/t17?,18?,19-,20-,21+,22-,23-,24?/m0/s1. The van der Waals surface area contributed by atoms with Gasteiger partial charge in [0.1, 0.15) is 0 Å². The van der Waals surface area contributed by atoms with E-state index < -0.39 is 5.60 Å². The minimum Gasteiger partial charge on any atom is -0.396 e. The third-order valence-electron chi connectivity index (χ3n) is 9.78. The van der Waals surface area contributed by atoms with Crippen LogP contribution in [0.4, 0.5) is 0 Å². The Morgan fingerprint density at radius 3 is 2.48 bits per heavy atom. The van der Waals surface area contributed by atoms with Crippen LogP contribution in [0.5, 0.6) is 0 Å². The molecular formula is C24H42O3. The van der Waals surface area contributed by atoms with Crippen LogP contribution in [0.2, 0.25) is 0 Å². The van der Waals surface area contributed by atoms with Gasteiger partial charge >= 0.3 is 0 Å². The van der Waals surface area contributed by atoms with Gasteiger partial charge < -0.3 is 14.9 Å². The topological polar surface area (TPSA) is 49.7 Å². The zero-order chi connectivity index (χ0) is 19.4. The third kappa shape index (κ3) is 3.20. The van der Waals surface area contributed by atoms with E-state index in [4.69, 9.17) is 4.74 Å². The van der Waals surface area contributed by atoms with Crippen LogP contribution in [0.1, 0.15) is 85.5 Å². The van der Waals surface area contributed by atoms with Crippen molar-refractivity contribution >= 4 is 0 Å². The van der Waals surface area contributed by atoms with Crippen molar-refractivity contribution in [3.63, 3.8) is 0 Å². The lowest BCUT2D eigenvalue weighted by molar-refractivity contribution is -0.200. The molecule has 0 aromatic heterocycles. The van der Waals surface area contributed by atoms with Gasteiger partial charge in [0.25, 0.3) is 0 Å². The Labute approximate surface area is 166 Å². The summed E-state index contributed by atoms with van der Waals surface area (Å²) in [7, 11) is 0. The Morgan fingerprint density at radius 1 is 1.00 bits per heavy atom. The van der Waals surface area contributed by atoms with E-state index >= 15 is 0 Å². The van der Waals surface area contributed by atoms with Crippen molar-refractivity contribution in [2.24, 2.45) is 40.4 Å². The van der Waals surface area contributed by atoms with Crippen LogP contribution < -0.4 is 0 Å². The summed E-state index contributed by atoms with van der Waals surface area (Å²) in [6.45, 7) is 9.58. The molecule has 0 radical (unpaired) electrons. The van der Waals surface area contributed by atoms with Gasteiger partial charge in [0.2, 0.25) is 0 Å². The zero-order valence-corrected chi connectivity index (χ0v) is 18.0. The molecular weight excluding hydrogens is 336 g/mol. The predicted octanol–water partition coefficient (Wildman–Crippen LogP) is 4.79. The lowest BCUT2D eigenvalue weighted by Gasteiger charge is -2.63. The molecule has 27 heavy (non-hydrogen) atoms. The van der Waals surface area contributed by atoms with Gasteiger partial charge in [-0.15, -0.1) is 0 Å². The number of ether oxygens (including phenoxy) is 1. The average Bonchev–Trinajstić information content (AvgIpc) is 3.02.